The zero-order valence-corrected chi connectivity index (χ0v) is 17.7. The lowest BCUT2D eigenvalue weighted by molar-refractivity contribution is 0.464. The van der Waals surface area contributed by atoms with Crippen molar-refractivity contribution in [2.24, 2.45) is 0 Å². The molecule has 0 unspecified atom stereocenters. The molecule has 0 bridgehead atoms. The Morgan fingerprint density at radius 2 is 1.19 bits per heavy atom. The highest BCUT2D eigenvalue weighted by Gasteiger charge is 2.26. The maximum absolute atomic E-state index is 11.6. The van der Waals surface area contributed by atoms with Crippen molar-refractivity contribution in [3.63, 3.8) is 0 Å². The first-order valence-corrected chi connectivity index (χ1v) is 12.6. The van der Waals surface area contributed by atoms with Gasteiger partial charge in [0.2, 0.25) is 0 Å². The van der Waals surface area contributed by atoms with Crippen molar-refractivity contribution in [2.75, 3.05) is 0 Å². The Morgan fingerprint density at radius 1 is 0.704 bits per heavy atom. The second-order valence-corrected chi connectivity index (χ2v) is 9.73. The lowest BCUT2D eigenvalue weighted by atomic mass is 10.0. The van der Waals surface area contributed by atoms with Gasteiger partial charge in [-0.25, -0.2) is 0 Å². The minimum absolute atomic E-state index is 0.212. The van der Waals surface area contributed by atoms with Crippen molar-refractivity contribution < 1.29 is 25.9 Å². The summed E-state index contributed by atoms with van der Waals surface area (Å²) < 4.78 is 64.6. The molecule has 0 spiro atoms. The zero-order chi connectivity index (χ0) is 20.3. The molecule has 27 heavy (non-hydrogen) atoms. The maximum atomic E-state index is 11.6. The molecule has 2 N–H and O–H groups in total. The van der Waals surface area contributed by atoms with Gasteiger partial charge in [-0.3, -0.25) is 9.11 Å². The van der Waals surface area contributed by atoms with Crippen LogP contribution in [-0.4, -0.2) is 25.9 Å². The molecule has 0 aliphatic carbocycles. The average molecular weight is 421 g/mol. The Hall–Kier alpha value is -0.960. The molecule has 156 valence electrons. The van der Waals surface area contributed by atoms with Crippen LogP contribution in [0, 0.1) is 0 Å². The first-order valence-electron chi connectivity index (χ1n) is 9.74. The van der Waals surface area contributed by atoms with E-state index in [0.29, 0.717) is 12.8 Å². The molecule has 1 rings (SSSR count). The van der Waals surface area contributed by atoms with Crippen LogP contribution in [0.4, 0.5) is 0 Å². The molecule has 8 heteroatoms. The van der Waals surface area contributed by atoms with E-state index in [4.69, 9.17) is 0 Å². The van der Waals surface area contributed by atoms with Crippen LogP contribution in [0.1, 0.15) is 83.1 Å². The fourth-order valence-corrected chi connectivity index (χ4v) is 5.31. The van der Waals surface area contributed by atoms with E-state index in [2.05, 4.69) is 6.92 Å². The van der Waals surface area contributed by atoms with Crippen LogP contribution in [0.15, 0.2) is 28.0 Å². The minimum atomic E-state index is -4.75. The summed E-state index contributed by atoms with van der Waals surface area (Å²) in [6, 6.07) is 3.81. The topological polar surface area (TPSA) is 109 Å². The van der Waals surface area contributed by atoms with Crippen LogP contribution >= 0.6 is 0 Å². The molecule has 0 saturated carbocycles. The normalized spacial score (nSPS) is 12.4. The molecule has 0 aliphatic heterocycles. The highest BCUT2D eigenvalue weighted by atomic mass is 32.2. The van der Waals surface area contributed by atoms with Gasteiger partial charge < -0.3 is 0 Å². The van der Waals surface area contributed by atoms with E-state index >= 15 is 0 Å². The van der Waals surface area contributed by atoms with E-state index in [9.17, 15) is 25.9 Å². The molecule has 1 aromatic rings. The summed E-state index contributed by atoms with van der Waals surface area (Å²) in [7, 11) is -9.48. The van der Waals surface area contributed by atoms with E-state index in [-0.39, 0.29) is 5.56 Å². The van der Waals surface area contributed by atoms with Crippen molar-refractivity contribution in [1.82, 2.24) is 0 Å². The Bertz CT molecular complexity index is 769. The summed E-state index contributed by atoms with van der Waals surface area (Å²) in [4.78, 5) is -1.48. The first kappa shape index (κ1) is 24.1. The molecule has 0 atom stereocenters. The van der Waals surface area contributed by atoms with Crippen LogP contribution in [0.25, 0.3) is 0 Å². The minimum Gasteiger partial charge on any atom is -0.282 e. The molecule has 0 saturated heterocycles. The third-order valence-corrected chi connectivity index (χ3v) is 6.67. The van der Waals surface area contributed by atoms with Crippen LogP contribution in [0.2, 0.25) is 0 Å². The van der Waals surface area contributed by atoms with E-state index < -0.39 is 30.0 Å². The molecule has 0 fully saturated rings. The second kappa shape index (κ2) is 11.8. The molecule has 0 amide bonds. The van der Waals surface area contributed by atoms with Crippen molar-refractivity contribution in [3.8, 4) is 0 Å². The van der Waals surface area contributed by atoms with Crippen molar-refractivity contribution >= 4 is 20.2 Å². The van der Waals surface area contributed by atoms with E-state index in [1.54, 1.807) is 0 Å². The van der Waals surface area contributed by atoms with Crippen LogP contribution in [-0.2, 0) is 26.7 Å². The fraction of sp³-hybridized carbons (Fsp3) is 0.684. The van der Waals surface area contributed by atoms with Crippen molar-refractivity contribution in [2.45, 2.75) is 93.8 Å². The van der Waals surface area contributed by atoms with Gasteiger partial charge in [-0.15, -0.1) is 0 Å². The number of aryl methyl sites for hydroxylation is 1. The van der Waals surface area contributed by atoms with Crippen LogP contribution in [0.3, 0.4) is 0 Å². The molecule has 1 aromatic carbocycles. The van der Waals surface area contributed by atoms with Gasteiger partial charge in [-0.2, -0.15) is 16.8 Å². The zero-order valence-electron chi connectivity index (χ0n) is 16.1. The van der Waals surface area contributed by atoms with E-state index in [1.165, 1.54) is 57.1 Å². The molecule has 0 heterocycles. The summed E-state index contributed by atoms with van der Waals surface area (Å²) in [6.45, 7) is 2.21. The highest BCUT2D eigenvalue weighted by Crippen LogP contribution is 2.26. The van der Waals surface area contributed by atoms with Gasteiger partial charge in [0.25, 0.3) is 20.2 Å². The Balaban J connectivity index is 2.46. The Labute approximate surface area is 163 Å². The molecular formula is C19H32O6S2. The van der Waals surface area contributed by atoms with Crippen LogP contribution < -0.4 is 0 Å². The summed E-state index contributed by atoms with van der Waals surface area (Å²) in [5.41, 5.74) is 0.212. The summed E-state index contributed by atoms with van der Waals surface area (Å²) in [5, 5.41) is 0. The Morgan fingerprint density at radius 3 is 1.63 bits per heavy atom. The van der Waals surface area contributed by atoms with E-state index in [0.717, 1.165) is 25.3 Å². The summed E-state index contributed by atoms with van der Waals surface area (Å²) >= 11 is 0. The number of hydrogen-bond donors (Lipinski definition) is 2. The smallest absolute Gasteiger partial charge is 0.282 e. The maximum Gasteiger partial charge on any atom is 0.296 e. The standard InChI is InChI=1S/C19H32O6S2/c1-2-3-4-5-6-7-8-9-10-11-12-14-17-15-13-16-18(26(20,21)22)19(17)27(23,24)25/h13,15-16H,2-12,14H2,1H3,(H,20,21,22)(H,23,24,25). The molecular weight excluding hydrogens is 388 g/mol. The lowest BCUT2D eigenvalue weighted by Crippen LogP contribution is -2.11. The highest BCUT2D eigenvalue weighted by molar-refractivity contribution is 7.89. The first-order chi connectivity index (χ1) is 12.7. The van der Waals surface area contributed by atoms with Gasteiger partial charge in [-0.1, -0.05) is 83.3 Å². The summed E-state index contributed by atoms with van der Waals surface area (Å²) in [6.07, 6.45) is 13.0. The number of benzene rings is 1. The molecule has 0 aromatic heterocycles. The Kier molecular flexibility index (Phi) is 10.5. The van der Waals surface area contributed by atoms with Gasteiger partial charge in [-0.05, 0) is 24.5 Å². The number of rotatable bonds is 14. The summed E-state index contributed by atoms with van der Waals surface area (Å²) in [5.74, 6) is 0. The van der Waals surface area contributed by atoms with Gasteiger partial charge in [0.05, 0.1) is 0 Å². The second-order valence-electron chi connectivity index (χ2n) is 6.98. The monoisotopic (exact) mass is 420 g/mol. The third kappa shape index (κ3) is 9.19. The van der Waals surface area contributed by atoms with Crippen LogP contribution in [0.5, 0.6) is 0 Å². The van der Waals surface area contributed by atoms with Crippen molar-refractivity contribution in [1.29, 1.82) is 0 Å². The fourth-order valence-electron chi connectivity index (χ4n) is 3.23. The van der Waals surface area contributed by atoms with Gasteiger partial charge in [0, 0.05) is 0 Å². The SMILES string of the molecule is CCCCCCCCCCCCCc1cccc(S(=O)(=O)O)c1S(=O)(=O)O. The molecule has 6 nitrogen and oxygen atoms in total. The largest absolute Gasteiger partial charge is 0.296 e. The number of unbranched alkanes of at least 4 members (excludes halogenated alkanes) is 10. The van der Waals surface area contributed by atoms with E-state index in [1.807, 2.05) is 0 Å². The van der Waals surface area contributed by atoms with Gasteiger partial charge >= 0.3 is 0 Å². The number of hydrogen-bond acceptors (Lipinski definition) is 4. The van der Waals surface area contributed by atoms with Crippen molar-refractivity contribution in [3.05, 3.63) is 23.8 Å². The quantitative estimate of drug-likeness (QED) is 0.322. The predicted molar refractivity (Wildman–Crippen MR) is 106 cm³/mol. The van der Waals surface area contributed by atoms with Gasteiger partial charge in [0.1, 0.15) is 9.79 Å². The van der Waals surface area contributed by atoms with Gasteiger partial charge in [0.15, 0.2) is 0 Å². The molecule has 0 aliphatic rings. The molecule has 0 radical (unpaired) electrons. The third-order valence-electron chi connectivity index (χ3n) is 4.65. The average Bonchev–Trinajstić information content (AvgIpc) is 2.57. The predicted octanol–water partition coefficient (Wildman–Crippen LogP) is 5.03. The lowest BCUT2D eigenvalue weighted by Gasteiger charge is -2.10.